The van der Waals surface area contributed by atoms with Gasteiger partial charge in [-0.2, -0.15) is 0 Å². The van der Waals surface area contributed by atoms with Crippen LogP contribution in [-0.4, -0.2) is 24.1 Å². The van der Waals surface area contributed by atoms with E-state index in [-0.39, 0.29) is 29.4 Å². The molecular formula is C16H10O5. The average Bonchev–Trinajstić information content (AvgIpc) is 2.54. The van der Waals surface area contributed by atoms with E-state index in [0.717, 1.165) is 0 Å². The molecule has 2 aromatic rings. The number of rotatable bonds is 6. The summed E-state index contributed by atoms with van der Waals surface area (Å²) in [6, 6.07) is 12.8. The molecule has 0 radical (unpaired) electrons. The summed E-state index contributed by atoms with van der Waals surface area (Å²) < 4.78 is 5.52. The minimum atomic E-state index is -0.924. The van der Waals surface area contributed by atoms with Crippen LogP contribution in [0.3, 0.4) is 0 Å². The highest BCUT2D eigenvalue weighted by Gasteiger charge is 2.21. The highest BCUT2D eigenvalue weighted by molar-refractivity contribution is 6.41. The Bertz CT molecular complexity index is 704. The number of benzene rings is 2. The van der Waals surface area contributed by atoms with E-state index in [9.17, 15) is 19.2 Å². The molecule has 0 spiro atoms. The van der Waals surface area contributed by atoms with Gasteiger partial charge in [0.1, 0.15) is 11.5 Å². The minimum Gasteiger partial charge on any atom is -0.457 e. The standard InChI is InChI=1S/C16H10O5/c17-9-13(19)12-7-4-8-15(16(12)14(20)10-18)21-11-5-2-1-3-6-11/h1-10H. The van der Waals surface area contributed by atoms with Crippen LogP contribution >= 0.6 is 0 Å². The van der Waals surface area contributed by atoms with Crippen LogP contribution in [0, 0.1) is 0 Å². The molecule has 0 aromatic heterocycles. The van der Waals surface area contributed by atoms with Crippen LogP contribution < -0.4 is 4.74 Å². The van der Waals surface area contributed by atoms with E-state index in [1.165, 1.54) is 18.2 Å². The number of para-hydroxylation sites is 1. The summed E-state index contributed by atoms with van der Waals surface area (Å²) in [5.41, 5.74) is -0.371. The summed E-state index contributed by atoms with van der Waals surface area (Å²) in [5, 5.41) is 0. The maximum Gasteiger partial charge on any atom is 0.229 e. The van der Waals surface area contributed by atoms with Gasteiger partial charge < -0.3 is 4.74 Å². The molecule has 5 nitrogen and oxygen atoms in total. The van der Waals surface area contributed by atoms with E-state index in [1.807, 2.05) is 0 Å². The van der Waals surface area contributed by atoms with E-state index >= 15 is 0 Å². The van der Waals surface area contributed by atoms with Crippen LogP contribution in [0.1, 0.15) is 20.7 Å². The van der Waals surface area contributed by atoms with Crippen molar-refractivity contribution in [3.05, 3.63) is 59.7 Å². The molecule has 0 saturated carbocycles. The van der Waals surface area contributed by atoms with E-state index in [2.05, 4.69) is 0 Å². The van der Waals surface area contributed by atoms with Crippen molar-refractivity contribution in [2.24, 2.45) is 0 Å². The Morgan fingerprint density at radius 1 is 0.810 bits per heavy atom. The van der Waals surface area contributed by atoms with Crippen LogP contribution in [0.25, 0.3) is 0 Å². The van der Waals surface area contributed by atoms with Gasteiger partial charge in [-0.15, -0.1) is 0 Å². The van der Waals surface area contributed by atoms with Gasteiger partial charge in [0.15, 0.2) is 12.6 Å². The molecule has 0 fully saturated rings. The molecular weight excluding hydrogens is 272 g/mol. The number of hydrogen-bond acceptors (Lipinski definition) is 5. The first-order chi connectivity index (χ1) is 10.2. The highest BCUT2D eigenvalue weighted by atomic mass is 16.5. The third-order valence-corrected chi connectivity index (χ3v) is 2.72. The van der Waals surface area contributed by atoms with E-state index in [1.54, 1.807) is 30.3 Å². The summed E-state index contributed by atoms with van der Waals surface area (Å²) >= 11 is 0. The normalized spacial score (nSPS) is 9.71. The zero-order valence-electron chi connectivity index (χ0n) is 10.8. The molecule has 0 bridgehead atoms. The summed E-state index contributed by atoms with van der Waals surface area (Å²) in [5.74, 6) is -1.33. The number of ether oxygens (including phenoxy) is 1. The van der Waals surface area contributed by atoms with E-state index < -0.39 is 11.6 Å². The first-order valence-electron chi connectivity index (χ1n) is 6.02. The largest absolute Gasteiger partial charge is 0.457 e. The fourth-order valence-electron chi connectivity index (χ4n) is 1.81. The second-order valence-electron chi connectivity index (χ2n) is 4.06. The van der Waals surface area contributed by atoms with Gasteiger partial charge in [-0.3, -0.25) is 19.2 Å². The van der Waals surface area contributed by atoms with Crippen molar-refractivity contribution in [2.75, 3.05) is 0 Å². The van der Waals surface area contributed by atoms with E-state index in [4.69, 9.17) is 4.74 Å². The monoisotopic (exact) mass is 282 g/mol. The summed E-state index contributed by atoms with van der Waals surface area (Å²) in [6.07, 6.45) is 0.165. The number of aldehydes is 2. The first-order valence-corrected chi connectivity index (χ1v) is 6.02. The number of carbonyl (C=O) groups excluding carboxylic acids is 4. The van der Waals surface area contributed by atoms with Crippen molar-refractivity contribution in [2.45, 2.75) is 0 Å². The van der Waals surface area contributed by atoms with Gasteiger partial charge in [0, 0.05) is 5.56 Å². The molecule has 5 heteroatoms. The van der Waals surface area contributed by atoms with Gasteiger partial charge in [0.05, 0.1) is 5.56 Å². The zero-order valence-corrected chi connectivity index (χ0v) is 10.8. The Morgan fingerprint density at radius 3 is 2.10 bits per heavy atom. The smallest absolute Gasteiger partial charge is 0.229 e. The summed E-state index contributed by atoms with van der Waals surface area (Å²) in [4.78, 5) is 44.7. The molecule has 21 heavy (non-hydrogen) atoms. The Morgan fingerprint density at radius 2 is 1.48 bits per heavy atom. The fraction of sp³-hybridized carbons (Fsp3) is 0. The topological polar surface area (TPSA) is 77.5 Å². The molecule has 0 aliphatic rings. The van der Waals surface area contributed by atoms with Crippen LogP contribution in [0.2, 0.25) is 0 Å². The number of carbonyl (C=O) groups is 4. The lowest BCUT2D eigenvalue weighted by Gasteiger charge is -2.11. The van der Waals surface area contributed by atoms with Crippen LogP contribution in [-0.2, 0) is 9.59 Å². The highest BCUT2D eigenvalue weighted by Crippen LogP contribution is 2.28. The van der Waals surface area contributed by atoms with Crippen LogP contribution in [0.15, 0.2) is 48.5 Å². The maximum atomic E-state index is 11.7. The van der Waals surface area contributed by atoms with Crippen molar-refractivity contribution in [3.63, 3.8) is 0 Å². The van der Waals surface area contributed by atoms with E-state index in [0.29, 0.717) is 5.75 Å². The van der Waals surface area contributed by atoms with Crippen LogP contribution in [0.5, 0.6) is 11.5 Å². The summed E-state index contributed by atoms with van der Waals surface area (Å²) in [6.45, 7) is 0. The predicted octanol–water partition coefficient (Wildman–Crippen LogP) is 2.24. The molecule has 2 rings (SSSR count). The second kappa shape index (κ2) is 6.38. The predicted molar refractivity (Wildman–Crippen MR) is 73.7 cm³/mol. The van der Waals surface area contributed by atoms with Gasteiger partial charge in [-0.1, -0.05) is 24.3 Å². The van der Waals surface area contributed by atoms with Gasteiger partial charge in [-0.25, -0.2) is 0 Å². The average molecular weight is 282 g/mol. The van der Waals surface area contributed by atoms with Gasteiger partial charge >= 0.3 is 0 Å². The Labute approximate surface area is 120 Å². The zero-order chi connectivity index (χ0) is 15.2. The van der Waals surface area contributed by atoms with Crippen molar-refractivity contribution in [3.8, 4) is 11.5 Å². The Balaban J connectivity index is 2.54. The Kier molecular flexibility index (Phi) is 4.36. The molecule has 104 valence electrons. The van der Waals surface area contributed by atoms with Crippen LogP contribution in [0.4, 0.5) is 0 Å². The third kappa shape index (κ3) is 3.09. The molecule has 2 aromatic carbocycles. The lowest BCUT2D eigenvalue weighted by atomic mass is 10.00. The second-order valence-corrected chi connectivity index (χ2v) is 4.06. The molecule has 0 atom stereocenters. The molecule has 0 unspecified atom stereocenters. The number of hydrogen-bond donors (Lipinski definition) is 0. The van der Waals surface area contributed by atoms with Gasteiger partial charge in [0.2, 0.25) is 11.6 Å². The molecule has 0 heterocycles. The fourth-order valence-corrected chi connectivity index (χ4v) is 1.81. The first kappa shape index (κ1) is 14.3. The lowest BCUT2D eigenvalue weighted by molar-refractivity contribution is -0.105. The van der Waals surface area contributed by atoms with Crippen molar-refractivity contribution < 1.29 is 23.9 Å². The van der Waals surface area contributed by atoms with Crippen molar-refractivity contribution in [1.29, 1.82) is 0 Å². The third-order valence-electron chi connectivity index (χ3n) is 2.72. The molecule has 0 N–H and O–H groups in total. The number of Topliss-reactive ketones (excluding diaryl/α,β-unsaturated/α-hetero) is 2. The SMILES string of the molecule is O=CC(=O)c1cccc(Oc2ccccc2)c1C(=O)C=O. The lowest BCUT2D eigenvalue weighted by Crippen LogP contribution is -2.12. The Hall–Kier alpha value is -3.08. The van der Waals surface area contributed by atoms with Gasteiger partial charge in [0.25, 0.3) is 0 Å². The number of ketones is 2. The van der Waals surface area contributed by atoms with Crippen molar-refractivity contribution in [1.82, 2.24) is 0 Å². The maximum absolute atomic E-state index is 11.7. The minimum absolute atomic E-state index is 0.0472. The van der Waals surface area contributed by atoms with Gasteiger partial charge in [-0.05, 0) is 24.3 Å². The van der Waals surface area contributed by atoms with Crippen molar-refractivity contribution >= 4 is 24.1 Å². The quantitative estimate of drug-likeness (QED) is 0.461. The molecule has 0 aliphatic heterocycles. The molecule has 0 amide bonds. The molecule has 0 saturated heterocycles. The molecule has 0 aliphatic carbocycles. The summed E-state index contributed by atoms with van der Waals surface area (Å²) in [7, 11) is 0.